The van der Waals surface area contributed by atoms with Crippen molar-refractivity contribution in [3.05, 3.63) is 41.7 Å². The number of ether oxygens (including phenoxy) is 1. The fourth-order valence-corrected chi connectivity index (χ4v) is 2.52. The van der Waals surface area contributed by atoms with Gasteiger partial charge in [0.25, 0.3) is 5.91 Å². The smallest absolute Gasteiger partial charge is 0.305 e. The van der Waals surface area contributed by atoms with Crippen molar-refractivity contribution in [2.45, 2.75) is 33.2 Å². The molecule has 0 spiro atoms. The highest BCUT2D eigenvalue weighted by molar-refractivity contribution is 5.93. The quantitative estimate of drug-likeness (QED) is 0.833. The van der Waals surface area contributed by atoms with E-state index in [4.69, 9.17) is 9.84 Å². The number of carbonyl (C=O) groups excluding carboxylic acids is 1. The lowest BCUT2D eigenvalue weighted by atomic mass is 10.2. The van der Waals surface area contributed by atoms with Crippen molar-refractivity contribution < 1.29 is 19.4 Å². The minimum atomic E-state index is -0.932. The molecule has 0 unspecified atom stereocenters. The number of hydrogen-bond donors (Lipinski definition) is 1. The SMILES string of the molecule is COc1ccc(-n2nc(C(=O)N(CCC(=O)O)C(C)C)cc2C)cc1. The summed E-state index contributed by atoms with van der Waals surface area (Å²) in [6.45, 7) is 5.73. The lowest BCUT2D eigenvalue weighted by molar-refractivity contribution is -0.137. The summed E-state index contributed by atoms with van der Waals surface area (Å²) in [6.07, 6.45) is -0.0951. The molecule has 0 radical (unpaired) electrons. The normalized spacial score (nSPS) is 10.8. The highest BCUT2D eigenvalue weighted by atomic mass is 16.5. The number of aliphatic carboxylic acids is 1. The molecule has 25 heavy (non-hydrogen) atoms. The van der Waals surface area contributed by atoms with Gasteiger partial charge in [0.2, 0.25) is 0 Å². The van der Waals surface area contributed by atoms with Gasteiger partial charge < -0.3 is 14.7 Å². The van der Waals surface area contributed by atoms with Gasteiger partial charge >= 0.3 is 5.97 Å². The summed E-state index contributed by atoms with van der Waals surface area (Å²) in [5, 5.41) is 13.3. The number of benzene rings is 1. The van der Waals surface area contributed by atoms with Gasteiger partial charge in [0.1, 0.15) is 5.75 Å². The van der Waals surface area contributed by atoms with Crippen LogP contribution in [-0.2, 0) is 4.79 Å². The molecule has 1 aromatic carbocycles. The molecular weight excluding hydrogens is 322 g/mol. The van der Waals surface area contributed by atoms with Gasteiger partial charge in [-0.1, -0.05) is 0 Å². The summed E-state index contributed by atoms with van der Waals surface area (Å²) >= 11 is 0. The van der Waals surface area contributed by atoms with Crippen LogP contribution in [0.1, 0.15) is 36.5 Å². The molecule has 2 rings (SSSR count). The largest absolute Gasteiger partial charge is 0.497 e. The molecular formula is C18H23N3O4. The number of aromatic nitrogens is 2. The second-order valence-corrected chi connectivity index (χ2v) is 6.02. The molecule has 7 heteroatoms. The van der Waals surface area contributed by atoms with Crippen LogP contribution in [0.3, 0.4) is 0 Å². The van der Waals surface area contributed by atoms with Gasteiger partial charge in [0.15, 0.2) is 5.69 Å². The molecule has 1 aromatic heterocycles. The van der Waals surface area contributed by atoms with E-state index < -0.39 is 5.97 Å². The first-order valence-electron chi connectivity index (χ1n) is 8.07. The molecule has 0 aliphatic heterocycles. The molecule has 2 aromatic rings. The second-order valence-electron chi connectivity index (χ2n) is 6.02. The van der Waals surface area contributed by atoms with E-state index in [2.05, 4.69) is 5.10 Å². The van der Waals surface area contributed by atoms with E-state index in [1.54, 1.807) is 17.9 Å². The Hall–Kier alpha value is -2.83. The first-order chi connectivity index (χ1) is 11.8. The molecule has 0 aliphatic rings. The Morgan fingerprint density at radius 2 is 1.92 bits per heavy atom. The van der Waals surface area contributed by atoms with E-state index >= 15 is 0 Å². The van der Waals surface area contributed by atoms with Gasteiger partial charge in [-0.15, -0.1) is 0 Å². The number of amides is 1. The van der Waals surface area contributed by atoms with Crippen molar-refractivity contribution in [1.29, 1.82) is 0 Å². The van der Waals surface area contributed by atoms with Crippen LogP contribution >= 0.6 is 0 Å². The average Bonchev–Trinajstić information content (AvgIpc) is 2.96. The lowest BCUT2D eigenvalue weighted by Gasteiger charge is -2.25. The molecule has 0 bridgehead atoms. The maximum Gasteiger partial charge on any atom is 0.305 e. The highest BCUT2D eigenvalue weighted by Crippen LogP contribution is 2.18. The Morgan fingerprint density at radius 1 is 1.28 bits per heavy atom. The zero-order valence-electron chi connectivity index (χ0n) is 14.9. The monoisotopic (exact) mass is 345 g/mol. The Morgan fingerprint density at radius 3 is 2.44 bits per heavy atom. The predicted octanol–water partition coefficient (Wildman–Crippen LogP) is 2.51. The molecule has 1 N–H and O–H groups in total. The molecule has 1 heterocycles. The third-order valence-electron chi connectivity index (χ3n) is 3.87. The van der Waals surface area contributed by atoms with E-state index in [-0.39, 0.29) is 24.9 Å². The van der Waals surface area contributed by atoms with E-state index in [0.717, 1.165) is 17.1 Å². The zero-order chi connectivity index (χ0) is 18.6. The van der Waals surface area contributed by atoms with Gasteiger partial charge in [0, 0.05) is 18.3 Å². The van der Waals surface area contributed by atoms with Gasteiger partial charge in [-0.05, 0) is 51.1 Å². The first kappa shape index (κ1) is 18.5. The number of carboxylic acids is 1. The van der Waals surface area contributed by atoms with E-state index in [1.165, 1.54) is 4.90 Å². The molecule has 0 saturated carbocycles. The number of rotatable bonds is 7. The van der Waals surface area contributed by atoms with Crippen LogP contribution in [-0.4, -0.2) is 51.4 Å². The predicted molar refractivity (Wildman–Crippen MR) is 93.3 cm³/mol. The van der Waals surface area contributed by atoms with Crippen molar-refractivity contribution in [3.63, 3.8) is 0 Å². The van der Waals surface area contributed by atoms with Crippen LogP contribution < -0.4 is 4.74 Å². The summed E-state index contributed by atoms with van der Waals surface area (Å²) in [6, 6.07) is 8.97. The first-order valence-corrected chi connectivity index (χ1v) is 8.07. The van der Waals surface area contributed by atoms with E-state index in [1.807, 2.05) is 45.0 Å². The van der Waals surface area contributed by atoms with Crippen LogP contribution in [0, 0.1) is 6.92 Å². The van der Waals surface area contributed by atoms with Gasteiger partial charge in [0.05, 0.1) is 19.2 Å². The van der Waals surface area contributed by atoms with Gasteiger partial charge in [-0.3, -0.25) is 9.59 Å². The van der Waals surface area contributed by atoms with Crippen LogP contribution in [0.2, 0.25) is 0 Å². The van der Waals surface area contributed by atoms with Crippen molar-refractivity contribution in [1.82, 2.24) is 14.7 Å². The maximum atomic E-state index is 12.7. The van der Waals surface area contributed by atoms with Crippen molar-refractivity contribution >= 4 is 11.9 Å². The molecule has 1 amide bonds. The number of carbonyl (C=O) groups is 2. The molecule has 0 aliphatic carbocycles. The average molecular weight is 345 g/mol. The minimum Gasteiger partial charge on any atom is -0.497 e. The summed E-state index contributed by atoms with van der Waals surface area (Å²) in [7, 11) is 1.60. The third-order valence-corrected chi connectivity index (χ3v) is 3.87. The van der Waals surface area contributed by atoms with E-state index in [9.17, 15) is 9.59 Å². The van der Waals surface area contributed by atoms with Crippen molar-refractivity contribution in [2.24, 2.45) is 0 Å². The highest BCUT2D eigenvalue weighted by Gasteiger charge is 2.23. The third kappa shape index (κ3) is 4.37. The summed E-state index contributed by atoms with van der Waals surface area (Å²) in [5.74, 6) is -0.463. The van der Waals surface area contributed by atoms with Gasteiger partial charge in [-0.25, -0.2) is 4.68 Å². The molecule has 134 valence electrons. The lowest BCUT2D eigenvalue weighted by Crippen LogP contribution is -2.38. The minimum absolute atomic E-state index is 0.0951. The van der Waals surface area contributed by atoms with Gasteiger partial charge in [-0.2, -0.15) is 5.10 Å². The van der Waals surface area contributed by atoms with Crippen LogP contribution in [0.5, 0.6) is 5.75 Å². The zero-order valence-corrected chi connectivity index (χ0v) is 14.9. The maximum absolute atomic E-state index is 12.7. The molecule has 0 fully saturated rings. The second kappa shape index (κ2) is 7.83. The summed E-state index contributed by atoms with van der Waals surface area (Å²) < 4.78 is 6.83. The number of methoxy groups -OCH3 is 1. The van der Waals surface area contributed by atoms with Crippen LogP contribution in [0.25, 0.3) is 5.69 Å². The van der Waals surface area contributed by atoms with Crippen molar-refractivity contribution in [3.8, 4) is 11.4 Å². The fraction of sp³-hybridized carbons (Fsp3) is 0.389. The van der Waals surface area contributed by atoms with Crippen LogP contribution in [0.4, 0.5) is 0 Å². The van der Waals surface area contributed by atoms with Crippen molar-refractivity contribution in [2.75, 3.05) is 13.7 Å². The topological polar surface area (TPSA) is 84.7 Å². The number of nitrogens with zero attached hydrogens (tertiary/aromatic N) is 3. The molecule has 7 nitrogen and oxygen atoms in total. The summed E-state index contributed by atoms with van der Waals surface area (Å²) in [5.41, 5.74) is 1.93. The number of aryl methyl sites for hydroxylation is 1. The molecule has 0 saturated heterocycles. The Labute approximate surface area is 146 Å². The van der Waals surface area contributed by atoms with Crippen LogP contribution in [0.15, 0.2) is 30.3 Å². The van der Waals surface area contributed by atoms with E-state index in [0.29, 0.717) is 5.69 Å². The summed E-state index contributed by atoms with van der Waals surface area (Å²) in [4.78, 5) is 25.1. The Kier molecular flexibility index (Phi) is 5.80. The molecule has 0 atom stereocenters. The number of carboxylic acid groups (broad SMARTS) is 1. The number of hydrogen-bond acceptors (Lipinski definition) is 4. The Bertz CT molecular complexity index is 750. The standard InChI is InChI=1S/C18H23N3O4/c1-12(2)20(10-9-17(22)23)18(24)16-11-13(3)21(19-16)14-5-7-15(25-4)8-6-14/h5-8,11-12H,9-10H2,1-4H3,(H,22,23). The Balaban J connectivity index is 2.27. The fourth-order valence-electron chi connectivity index (χ4n) is 2.52.